The molecule has 0 aliphatic heterocycles. The molecule has 3 rings (SSSR count). The van der Waals surface area contributed by atoms with Crippen LogP contribution in [0.15, 0.2) is 53.9 Å². The molecule has 0 radical (unpaired) electrons. The van der Waals surface area contributed by atoms with E-state index in [0.29, 0.717) is 23.7 Å². The summed E-state index contributed by atoms with van der Waals surface area (Å²) in [7, 11) is 0. The number of aromatic nitrogens is 1. The van der Waals surface area contributed by atoms with Crippen LogP contribution in [0.2, 0.25) is 5.02 Å². The zero-order valence-corrected chi connectivity index (χ0v) is 18.5. The van der Waals surface area contributed by atoms with Crippen LogP contribution in [0.25, 0.3) is 0 Å². The van der Waals surface area contributed by atoms with Gasteiger partial charge in [0.2, 0.25) is 0 Å². The van der Waals surface area contributed by atoms with Crippen LogP contribution in [0.1, 0.15) is 46.9 Å². The van der Waals surface area contributed by atoms with Crippen LogP contribution in [0, 0.1) is 6.92 Å². The first-order chi connectivity index (χ1) is 14.0. The van der Waals surface area contributed by atoms with Gasteiger partial charge in [-0.25, -0.2) is 4.98 Å². The van der Waals surface area contributed by atoms with Crippen molar-refractivity contribution in [3.8, 4) is 5.75 Å². The van der Waals surface area contributed by atoms with E-state index < -0.39 is 0 Å². The number of ether oxygens (including phenoxy) is 1. The monoisotopic (exact) mass is 428 g/mol. The molecule has 4 nitrogen and oxygen atoms in total. The Morgan fingerprint density at radius 2 is 1.93 bits per heavy atom. The summed E-state index contributed by atoms with van der Waals surface area (Å²) in [5.41, 5.74) is 2.61. The SMILES string of the molecule is CC[C@H](C)N(Cc1csc(COc2ccccc2C)n1)C(=O)c1ccc(Cl)cc1. The van der Waals surface area contributed by atoms with Crippen LogP contribution < -0.4 is 4.74 Å². The summed E-state index contributed by atoms with van der Waals surface area (Å²) in [6, 6.07) is 15.1. The Bertz CT molecular complexity index is 956. The normalized spacial score (nSPS) is 11.9. The number of benzene rings is 2. The number of carbonyl (C=O) groups is 1. The standard InChI is InChI=1S/C23H25ClN2O2S/c1-4-17(3)26(23(27)18-9-11-19(24)12-10-18)13-20-15-29-22(25-20)14-28-21-8-6-5-7-16(21)2/h5-12,15,17H,4,13-14H2,1-3H3/t17-/m0/s1. The predicted molar refractivity (Wildman–Crippen MR) is 119 cm³/mol. The second-order valence-corrected chi connectivity index (χ2v) is 8.36. The van der Waals surface area contributed by atoms with Gasteiger partial charge in [0.05, 0.1) is 12.2 Å². The molecule has 0 N–H and O–H groups in total. The molecular weight excluding hydrogens is 404 g/mol. The fourth-order valence-electron chi connectivity index (χ4n) is 2.93. The van der Waals surface area contributed by atoms with Crippen LogP contribution in [-0.2, 0) is 13.2 Å². The first kappa shape index (κ1) is 21.3. The van der Waals surface area contributed by atoms with Gasteiger partial charge in [0.15, 0.2) is 0 Å². The molecule has 3 aromatic rings. The van der Waals surface area contributed by atoms with Crippen molar-refractivity contribution in [2.75, 3.05) is 0 Å². The van der Waals surface area contributed by atoms with Crippen molar-refractivity contribution in [1.82, 2.24) is 9.88 Å². The minimum Gasteiger partial charge on any atom is -0.486 e. The van der Waals surface area contributed by atoms with E-state index in [1.54, 1.807) is 35.6 Å². The average molecular weight is 429 g/mol. The molecule has 1 aromatic heterocycles. The Morgan fingerprint density at radius 1 is 1.21 bits per heavy atom. The number of aryl methyl sites for hydroxylation is 1. The van der Waals surface area contributed by atoms with Crippen molar-refractivity contribution in [3.63, 3.8) is 0 Å². The van der Waals surface area contributed by atoms with Gasteiger partial charge in [-0.3, -0.25) is 4.79 Å². The van der Waals surface area contributed by atoms with Crippen molar-refractivity contribution in [2.45, 2.75) is 46.4 Å². The molecular formula is C23H25ClN2O2S. The third-order valence-corrected chi connectivity index (χ3v) is 5.97. The van der Waals surface area contributed by atoms with Crippen LogP contribution in [0.4, 0.5) is 0 Å². The molecule has 0 unspecified atom stereocenters. The van der Waals surface area contributed by atoms with Gasteiger partial charge in [-0.15, -0.1) is 11.3 Å². The van der Waals surface area contributed by atoms with Gasteiger partial charge in [0.1, 0.15) is 17.4 Å². The topological polar surface area (TPSA) is 42.4 Å². The van der Waals surface area contributed by atoms with Gasteiger partial charge in [0, 0.05) is 22.0 Å². The summed E-state index contributed by atoms with van der Waals surface area (Å²) in [6.45, 7) is 7.05. The van der Waals surface area contributed by atoms with Gasteiger partial charge in [0.25, 0.3) is 5.91 Å². The lowest BCUT2D eigenvalue weighted by atomic mass is 10.1. The van der Waals surface area contributed by atoms with Gasteiger partial charge >= 0.3 is 0 Å². The van der Waals surface area contributed by atoms with Crippen molar-refractivity contribution in [1.29, 1.82) is 0 Å². The van der Waals surface area contributed by atoms with Crippen LogP contribution >= 0.6 is 22.9 Å². The number of amides is 1. The van der Waals surface area contributed by atoms with Gasteiger partial charge in [-0.05, 0) is 56.2 Å². The van der Waals surface area contributed by atoms with Gasteiger partial charge in [-0.1, -0.05) is 36.7 Å². The second-order valence-electron chi connectivity index (χ2n) is 6.98. The molecule has 152 valence electrons. The molecule has 2 aromatic carbocycles. The summed E-state index contributed by atoms with van der Waals surface area (Å²) >= 11 is 7.51. The Labute approximate surface area is 181 Å². The van der Waals surface area contributed by atoms with E-state index in [-0.39, 0.29) is 11.9 Å². The Hall–Kier alpha value is -2.37. The molecule has 0 aliphatic carbocycles. The second kappa shape index (κ2) is 9.90. The van der Waals surface area contributed by atoms with Gasteiger partial charge < -0.3 is 9.64 Å². The van der Waals surface area contributed by atoms with E-state index in [4.69, 9.17) is 16.3 Å². The van der Waals surface area contributed by atoms with E-state index in [1.165, 1.54) is 0 Å². The highest BCUT2D eigenvalue weighted by Gasteiger charge is 2.22. The van der Waals surface area contributed by atoms with E-state index in [0.717, 1.165) is 28.4 Å². The van der Waals surface area contributed by atoms with E-state index in [9.17, 15) is 4.79 Å². The minimum absolute atomic E-state index is 0.0123. The average Bonchev–Trinajstić information content (AvgIpc) is 3.18. The van der Waals surface area contributed by atoms with Crippen LogP contribution in [0.5, 0.6) is 5.75 Å². The summed E-state index contributed by atoms with van der Waals surface area (Å²) in [6.07, 6.45) is 0.868. The summed E-state index contributed by atoms with van der Waals surface area (Å²) in [5.74, 6) is 0.852. The molecule has 0 spiro atoms. The molecule has 0 bridgehead atoms. The van der Waals surface area contributed by atoms with Crippen molar-refractivity contribution >= 4 is 28.8 Å². The molecule has 0 saturated carbocycles. The number of nitrogens with zero attached hydrogens (tertiary/aromatic N) is 2. The third-order valence-electron chi connectivity index (χ3n) is 4.85. The summed E-state index contributed by atoms with van der Waals surface area (Å²) < 4.78 is 5.89. The first-order valence-electron chi connectivity index (χ1n) is 9.66. The van der Waals surface area contributed by atoms with E-state index in [2.05, 4.69) is 18.8 Å². The number of hydrogen-bond acceptors (Lipinski definition) is 4. The largest absolute Gasteiger partial charge is 0.486 e. The van der Waals surface area contributed by atoms with E-state index >= 15 is 0 Å². The smallest absolute Gasteiger partial charge is 0.254 e. The Kier molecular flexibility index (Phi) is 7.29. The fourth-order valence-corrected chi connectivity index (χ4v) is 3.75. The Balaban J connectivity index is 1.69. The van der Waals surface area contributed by atoms with Crippen molar-refractivity contribution in [2.24, 2.45) is 0 Å². The zero-order valence-electron chi connectivity index (χ0n) is 16.9. The summed E-state index contributed by atoms with van der Waals surface area (Å²) in [5, 5.41) is 3.52. The molecule has 1 atom stereocenters. The number of rotatable bonds is 8. The molecule has 6 heteroatoms. The van der Waals surface area contributed by atoms with Gasteiger partial charge in [-0.2, -0.15) is 0 Å². The quantitative estimate of drug-likeness (QED) is 0.433. The maximum absolute atomic E-state index is 13.0. The molecule has 1 heterocycles. The van der Waals surface area contributed by atoms with Crippen LogP contribution in [-0.4, -0.2) is 21.8 Å². The zero-order chi connectivity index (χ0) is 20.8. The number of carbonyl (C=O) groups excluding carboxylic acids is 1. The van der Waals surface area contributed by atoms with Crippen LogP contribution in [0.3, 0.4) is 0 Å². The molecule has 29 heavy (non-hydrogen) atoms. The highest BCUT2D eigenvalue weighted by atomic mass is 35.5. The Morgan fingerprint density at radius 3 is 2.62 bits per heavy atom. The fraction of sp³-hybridized carbons (Fsp3) is 0.304. The lowest BCUT2D eigenvalue weighted by Gasteiger charge is -2.28. The number of hydrogen-bond donors (Lipinski definition) is 0. The highest BCUT2D eigenvalue weighted by Crippen LogP contribution is 2.21. The predicted octanol–water partition coefficient (Wildman–Crippen LogP) is 6.12. The third kappa shape index (κ3) is 5.58. The molecule has 1 amide bonds. The van der Waals surface area contributed by atoms with E-state index in [1.807, 2.05) is 41.5 Å². The first-order valence-corrected chi connectivity index (χ1v) is 10.9. The maximum Gasteiger partial charge on any atom is 0.254 e. The maximum atomic E-state index is 13.0. The number of thiazole rings is 1. The molecule has 0 fully saturated rings. The minimum atomic E-state index is -0.0123. The highest BCUT2D eigenvalue weighted by molar-refractivity contribution is 7.09. The number of halogens is 1. The molecule has 0 aliphatic rings. The molecule has 0 saturated heterocycles. The number of para-hydroxylation sites is 1. The summed E-state index contributed by atoms with van der Waals surface area (Å²) in [4.78, 5) is 19.6. The van der Waals surface area contributed by atoms with Crippen molar-refractivity contribution < 1.29 is 9.53 Å². The lowest BCUT2D eigenvalue weighted by Crippen LogP contribution is -2.37. The van der Waals surface area contributed by atoms with Crippen molar-refractivity contribution in [3.05, 3.63) is 80.8 Å². The lowest BCUT2D eigenvalue weighted by molar-refractivity contribution is 0.0669.